The molecule has 5 rings (SSSR count). The number of hydrogen-bond donors (Lipinski definition) is 3. The number of halogens is 2. The second-order valence-corrected chi connectivity index (χ2v) is 10.9. The van der Waals surface area contributed by atoms with Crippen LogP contribution in [-0.2, 0) is 14.3 Å². The molecular formula is C29H32Cl2N6O5. The fraction of sp³-hybridized carbons (Fsp3) is 0.379. The number of pyridine rings is 2. The van der Waals surface area contributed by atoms with E-state index in [1.165, 1.54) is 27.2 Å². The number of fused-ring (bicyclic) bond motifs is 1. The summed E-state index contributed by atoms with van der Waals surface area (Å²) in [5.74, 6) is 1.59. The van der Waals surface area contributed by atoms with E-state index in [1.54, 1.807) is 17.2 Å². The molecule has 2 aromatic heterocycles. The molecule has 4 heterocycles. The molecule has 222 valence electrons. The third kappa shape index (κ3) is 6.04. The Bertz CT molecular complexity index is 1500. The van der Waals surface area contributed by atoms with Gasteiger partial charge in [0.05, 0.1) is 54.7 Å². The first-order valence-electron chi connectivity index (χ1n) is 13.4. The molecule has 3 aromatic rings. The Labute approximate surface area is 253 Å². The van der Waals surface area contributed by atoms with Crippen molar-refractivity contribution in [1.82, 2.24) is 20.2 Å². The monoisotopic (exact) mass is 614 g/mol. The Hall–Kier alpha value is -3.80. The first-order chi connectivity index (χ1) is 20.2. The van der Waals surface area contributed by atoms with Gasteiger partial charge in [0, 0.05) is 55.2 Å². The van der Waals surface area contributed by atoms with Crippen molar-refractivity contribution in [2.75, 3.05) is 51.2 Å². The van der Waals surface area contributed by atoms with Gasteiger partial charge >= 0.3 is 0 Å². The van der Waals surface area contributed by atoms with Gasteiger partial charge in [-0.05, 0) is 24.6 Å². The lowest BCUT2D eigenvalue weighted by Crippen LogP contribution is -2.45. The van der Waals surface area contributed by atoms with Crippen molar-refractivity contribution in [3.05, 3.63) is 47.1 Å². The van der Waals surface area contributed by atoms with E-state index in [2.05, 4.69) is 27.5 Å². The summed E-state index contributed by atoms with van der Waals surface area (Å²) in [7, 11) is 3.04. The fourth-order valence-electron chi connectivity index (χ4n) is 5.20. The Morgan fingerprint density at radius 1 is 1.10 bits per heavy atom. The molecule has 2 amide bonds. The molecule has 42 heavy (non-hydrogen) atoms. The molecule has 2 aliphatic rings. The smallest absolute Gasteiger partial charge is 0.243 e. The van der Waals surface area contributed by atoms with Crippen LogP contribution in [0, 0.1) is 0 Å². The molecule has 2 aliphatic heterocycles. The number of amides is 2. The number of anilines is 2. The van der Waals surface area contributed by atoms with Gasteiger partial charge in [0.1, 0.15) is 23.1 Å². The summed E-state index contributed by atoms with van der Waals surface area (Å²) in [5.41, 5.74) is 0.985. The lowest BCUT2D eigenvalue weighted by Gasteiger charge is -2.21. The normalized spacial score (nSPS) is 19.9. The molecule has 11 nitrogen and oxygen atoms in total. The Morgan fingerprint density at radius 3 is 2.43 bits per heavy atom. The number of nitrogens with zero attached hydrogens (tertiary/aromatic N) is 3. The van der Waals surface area contributed by atoms with E-state index in [9.17, 15) is 9.59 Å². The van der Waals surface area contributed by atoms with Gasteiger partial charge in [0.15, 0.2) is 0 Å². The summed E-state index contributed by atoms with van der Waals surface area (Å²) in [6, 6.07) is 4.85. The number of methoxy groups -OCH3 is 2. The summed E-state index contributed by atoms with van der Waals surface area (Å²) in [6.07, 6.45) is 3.77. The van der Waals surface area contributed by atoms with Crippen LogP contribution < -0.4 is 25.4 Å². The van der Waals surface area contributed by atoms with Crippen molar-refractivity contribution in [3.8, 4) is 22.8 Å². The number of carbonyl (C=O) groups excluding carboxylic acids is 2. The Balaban J connectivity index is 1.56. The quantitative estimate of drug-likeness (QED) is 0.305. The van der Waals surface area contributed by atoms with Crippen molar-refractivity contribution in [1.29, 1.82) is 0 Å². The zero-order valence-electron chi connectivity index (χ0n) is 23.5. The lowest BCUT2D eigenvalue weighted by molar-refractivity contribution is -0.128. The second-order valence-electron chi connectivity index (χ2n) is 10.1. The molecule has 3 atom stereocenters. The van der Waals surface area contributed by atoms with E-state index in [-0.39, 0.29) is 29.9 Å². The number of likely N-dealkylation sites (tertiary alicyclic amines) is 1. The molecule has 3 N–H and O–H groups in total. The minimum Gasteiger partial charge on any atom is -0.495 e. The van der Waals surface area contributed by atoms with E-state index in [0.717, 1.165) is 17.2 Å². The van der Waals surface area contributed by atoms with Gasteiger partial charge in [0.25, 0.3) is 0 Å². The first-order valence-corrected chi connectivity index (χ1v) is 14.2. The molecule has 2 fully saturated rings. The summed E-state index contributed by atoms with van der Waals surface area (Å²) in [4.78, 5) is 35.5. The molecule has 0 aliphatic carbocycles. The summed E-state index contributed by atoms with van der Waals surface area (Å²) in [5, 5.41) is 12.0. The maximum Gasteiger partial charge on any atom is 0.243 e. The molecule has 1 aromatic carbocycles. The second kappa shape index (κ2) is 12.6. The van der Waals surface area contributed by atoms with Crippen molar-refractivity contribution in [2.24, 2.45) is 0 Å². The SMILES string of the molecule is C=CC(=O)N[C@H]1CN(C(C)=O)C[C@H]1Nc1cc2c(NC3CCOC3)nc(-c3c(Cl)c(OC)cc(OC)c3Cl)cc2cn1. The van der Waals surface area contributed by atoms with Crippen LogP contribution in [0.4, 0.5) is 11.6 Å². The van der Waals surface area contributed by atoms with E-state index in [1.807, 2.05) is 12.1 Å². The Kier molecular flexibility index (Phi) is 8.91. The summed E-state index contributed by atoms with van der Waals surface area (Å²) >= 11 is 13.5. The minimum atomic E-state index is -0.321. The van der Waals surface area contributed by atoms with Gasteiger partial charge in [-0.15, -0.1) is 0 Å². The van der Waals surface area contributed by atoms with Crippen LogP contribution in [0.3, 0.4) is 0 Å². The predicted molar refractivity (Wildman–Crippen MR) is 163 cm³/mol. The molecule has 0 radical (unpaired) electrons. The number of nitrogens with one attached hydrogen (secondary N) is 3. The molecule has 0 spiro atoms. The van der Waals surface area contributed by atoms with Gasteiger partial charge < -0.3 is 35.1 Å². The highest BCUT2D eigenvalue weighted by atomic mass is 35.5. The number of ether oxygens (including phenoxy) is 3. The molecule has 13 heteroatoms. The average Bonchev–Trinajstić information content (AvgIpc) is 3.63. The number of hydrogen-bond acceptors (Lipinski definition) is 9. The maximum atomic E-state index is 12.1. The zero-order chi connectivity index (χ0) is 30.0. The van der Waals surface area contributed by atoms with Crippen LogP contribution >= 0.6 is 23.2 Å². The summed E-state index contributed by atoms with van der Waals surface area (Å²) in [6.45, 7) is 7.03. The van der Waals surface area contributed by atoms with Gasteiger partial charge in [0.2, 0.25) is 11.8 Å². The Morgan fingerprint density at radius 2 is 1.81 bits per heavy atom. The largest absolute Gasteiger partial charge is 0.495 e. The van der Waals surface area contributed by atoms with Crippen LogP contribution in [-0.4, -0.2) is 85.3 Å². The highest BCUT2D eigenvalue weighted by molar-refractivity contribution is 6.41. The topological polar surface area (TPSA) is 127 Å². The van der Waals surface area contributed by atoms with Crippen molar-refractivity contribution >= 4 is 57.4 Å². The molecule has 1 unspecified atom stereocenters. The number of rotatable bonds is 9. The fourth-order valence-corrected chi connectivity index (χ4v) is 5.89. The third-order valence-electron chi connectivity index (χ3n) is 7.43. The lowest BCUT2D eigenvalue weighted by atomic mass is 10.1. The van der Waals surface area contributed by atoms with Gasteiger partial charge in [-0.2, -0.15) is 0 Å². The molecule has 2 saturated heterocycles. The number of carbonyl (C=O) groups is 2. The van der Waals surface area contributed by atoms with Crippen LogP contribution in [0.5, 0.6) is 11.5 Å². The van der Waals surface area contributed by atoms with Gasteiger partial charge in [-0.25, -0.2) is 9.97 Å². The van der Waals surface area contributed by atoms with Crippen LogP contribution in [0.2, 0.25) is 10.0 Å². The average molecular weight is 616 g/mol. The summed E-state index contributed by atoms with van der Waals surface area (Å²) < 4.78 is 16.5. The van der Waals surface area contributed by atoms with E-state index in [4.69, 9.17) is 42.4 Å². The third-order valence-corrected chi connectivity index (χ3v) is 8.18. The van der Waals surface area contributed by atoms with Crippen molar-refractivity contribution in [2.45, 2.75) is 31.5 Å². The maximum absolute atomic E-state index is 12.1. The highest BCUT2D eigenvalue weighted by Gasteiger charge is 2.35. The van der Waals surface area contributed by atoms with Crippen LogP contribution in [0.1, 0.15) is 13.3 Å². The molecular weight excluding hydrogens is 583 g/mol. The number of aromatic nitrogens is 2. The predicted octanol–water partition coefficient (Wildman–Crippen LogP) is 4.14. The van der Waals surface area contributed by atoms with Gasteiger partial charge in [-0.1, -0.05) is 29.8 Å². The van der Waals surface area contributed by atoms with Crippen molar-refractivity contribution < 1.29 is 23.8 Å². The van der Waals surface area contributed by atoms with Crippen molar-refractivity contribution in [3.63, 3.8) is 0 Å². The standard InChI is InChI=1S/C29H32Cl2N6O5/c1-5-25(39)35-21-13-37(15(2)38)12-20(21)34-24-9-18-16(11-32-24)8-19(36-29(18)33-17-6-7-42-14-17)26-27(30)22(40-3)10-23(41-4)28(26)31/h5,8-11,17,20-21H,1,6-7,12-14H2,2-4H3,(H,32,34)(H,33,36)(H,35,39)/t17?,20-,21+/m1/s1. The van der Waals surface area contributed by atoms with E-state index in [0.29, 0.717) is 70.7 Å². The van der Waals surface area contributed by atoms with Crippen LogP contribution in [0.15, 0.2) is 37.1 Å². The van der Waals surface area contributed by atoms with Crippen LogP contribution in [0.25, 0.3) is 22.0 Å². The molecule has 0 saturated carbocycles. The van der Waals surface area contributed by atoms with E-state index >= 15 is 0 Å². The first kappa shape index (κ1) is 29.7. The zero-order valence-corrected chi connectivity index (χ0v) is 25.0. The minimum absolute atomic E-state index is 0.0590. The highest BCUT2D eigenvalue weighted by Crippen LogP contribution is 2.46. The van der Waals surface area contributed by atoms with Gasteiger partial charge in [-0.3, -0.25) is 9.59 Å². The molecule has 0 bridgehead atoms. The number of benzene rings is 1. The van der Waals surface area contributed by atoms with E-state index < -0.39 is 0 Å².